The van der Waals surface area contributed by atoms with E-state index in [4.69, 9.17) is 0 Å². The third-order valence-electron chi connectivity index (χ3n) is 2.03. The number of carbonyl (C=O) groups excluding carboxylic acids is 1. The van der Waals surface area contributed by atoms with Gasteiger partial charge in [-0.05, 0) is 24.1 Å². The molecule has 0 saturated heterocycles. The first-order valence-corrected chi connectivity index (χ1v) is 5.38. The first kappa shape index (κ1) is 8.63. The van der Waals surface area contributed by atoms with E-state index in [2.05, 4.69) is 17.4 Å². The topological polar surface area (TPSA) is 29.1 Å². The van der Waals surface area contributed by atoms with Crippen molar-refractivity contribution in [2.24, 2.45) is 0 Å². The van der Waals surface area contributed by atoms with Crippen LogP contribution in [0, 0.1) is 6.92 Å². The molecule has 0 unspecified atom stereocenters. The fourth-order valence-electron chi connectivity index (χ4n) is 1.37. The number of amides is 1. The molecule has 1 aliphatic heterocycles. The van der Waals surface area contributed by atoms with E-state index >= 15 is 0 Å². The number of anilines is 1. The Morgan fingerprint density at radius 3 is 3.08 bits per heavy atom. The Kier molecular flexibility index (Phi) is 2.27. The first-order chi connectivity index (χ1) is 6.25. The van der Waals surface area contributed by atoms with Crippen molar-refractivity contribution in [1.29, 1.82) is 0 Å². The summed E-state index contributed by atoms with van der Waals surface area (Å²) in [6.07, 6.45) is 0. The molecule has 1 amide bonds. The molecule has 0 atom stereocenters. The van der Waals surface area contributed by atoms with E-state index in [9.17, 15) is 4.79 Å². The maximum Gasteiger partial charge on any atom is 0.234 e. The number of nitrogens with one attached hydrogen (secondary N) is 1. The Morgan fingerprint density at radius 2 is 2.23 bits per heavy atom. The number of thioether (sulfide) groups is 1. The lowest BCUT2D eigenvalue weighted by molar-refractivity contribution is -0.113. The van der Waals surface area contributed by atoms with Gasteiger partial charge >= 0.3 is 0 Å². The van der Waals surface area contributed by atoms with Crippen LogP contribution in [0.4, 0.5) is 5.69 Å². The maximum atomic E-state index is 11.2. The average Bonchev–Trinajstić information content (AvgIpc) is 2.25. The van der Waals surface area contributed by atoms with Gasteiger partial charge in [-0.25, -0.2) is 0 Å². The minimum absolute atomic E-state index is 0.106. The fourth-order valence-corrected chi connectivity index (χ4v) is 2.20. The highest BCUT2D eigenvalue weighted by atomic mass is 32.2. The van der Waals surface area contributed by atoms with Gasteiger partial charge in [-0.3, -0.25) is 4.79 Å². The van der Waals surface area contributed by atoms with Crippen molar-refractivity contribution in [2.45, 2.75) is 12.7 Å². The zero-order valence-electron chi connectivity index (χ0n) is 7.46. The molecule has 13 heavy (non-hydrogen) atoms. The number of rotatable bonds is 0. The van der Waals surface area contributed by atoms with Gasteiger partial charge in [0.05, 0.1) is 5.75 Å². The monoisotopic (exact) mass is 193 g/mol. The van der Waals surface area contributed by atoms with Gasteiger partial charge in [-0.1, -0.05) is 12.1 Å². The highest BCUT2D eigenvalue weighted by Crippen LogP contribution is 2.25. The number of aryl methyl sites for hydroxylation is 1. The SMILES string of the molecule is Cc1ccc2c(c1)NC(=O)CSC2. The van der Waals surface area contributed by atoms with E-state index in [1.165, 1.54) is 11.1 Å². The van der Waals surface area contributed by atoms with Crippen molar-refractivity contribution in [1.82, 2.24) is 0 Å². The van der Waals surface area contributed by atoms with Crippen molar-refractivity contribution in [2.75, 3.05) is 11.1 Å². The predicted molar refractivity (Wildman–Crippen MR) is 56.0 cm³/mol. The largest absolute Gasteiger partial charge is 0.325 e. The Hall–Kier alpha value is -0.960. The molecule has 2 nitrogen and oxygen atoms in total. The van der Waals surface area contributed by atoms with Crippen LogP contribution in [0.5, 0.6) is 0 Å². The van der Waals surface area contributed by atoms with E-state index in [1.54, 1.807) is 11.8 Å². The summed E-state index contributed by atoms with van der Waals surface area (Å²) in [4.78, 5) is 11.2. The predicted octanol–water partition coefficient (Wildman–Crippen LogP) is 2.18. The summed E-state index contributed by atoms with van der Waals surface area (Å²) in [5.74, 6) is 1.59. The van der Waals surface area contributed by atoms with Gasteiger partial charge in [0.25, 0.3) is 0 Å². The second kappa shape index (κ2) is 3.42. The van der Waals surface area contributed by atoms with Crippen LogP contribution in [0.3, 0.4) is 0 Å². The van der Waals surface area contributed by atoms with Gasteiger partial charge in [0.15, 0.2) is 0 Å². The fraction of sp³-hybridized carbons (Fsp3) is 0.300. The van der Waals surface area contributed by atoms with Crippen LogP contribution >= 0.6 is 11.8 Å². The Bertz CT molecular complexity index is 349. The van der Waals surface area contributed by atoms with Gasteiger partial charge in [-0.2, -0.15) is 0 Å². The molecular weight excluding hydrogens is 182 g/mol. The second-order valence-electron chi connectivity index (χ2n) is 3.20. The van der Waals surface area contributed by atoms with E-state index in [1.807, 2.05) is 13.0 Å². The van der Waals surface area contributed by atoms with Crippen molar-refractivity contribution in [3.8, 4) is 0 Å². The summed E-state index contributed by atoms with van der Waals surface area (Å²) >= 11 is 1.66. The third kappa shape index (κ3) is 1.86. The van der Waals surface area contributed by atoms with Gasteiger partial charge in [-0.15, -0.1) is 11.8 Å². The molecule has 1 heterocycles. The number of hydrogen-bond donors (Lipinski definition) is 1. The lowest BCUT2D eigenvalue weighted by Gasteiger charge is -2.06. The number of benzene rings is 1. The smallest absolute Gasteiger partial charge is 0.234 e. The summed E-state index contributed by atoms with van der Waals surface area (Å²) in [6.45, 7) is 2.03. The van der Waals surface area contributed by atoms with Crippen molar-refractivity contribution in [3.63, 3.8) is 0 Å². The highest BCUT2D eigenvalue weighted by Gasteiger charge is 2.12. The standard InChI is InChI=1S/C10H11NOS/c1-7-2-3-8-5-13-6-10(12)11-9(8)4-7/h2-4H,5-6H2,1H3,(H,11,12). The van der Waals surface area contributed by atoms with Crippen LogP contribution in [0.15, 0.2) is 18.2 Å². The molecule has 0 saturated carbocycles. The van der Waals surface area contributed by atoms with Gasteiger partial charge < -0.3 is 5.32 Å². The summed E-state index contributed by atoms with van der Waals surface area (Å²) in [5, 5.41) is 2.90. The van der Waals surface area contributed by atoms with Gasteiger partial charge in [0, 0.05) is 11.4 Å². The lowest BCUT2D eigenvalue weighted by atomic mass is 10.1. The normalized spacial score (nSPS) is 15.9. The Balaban J connectivity index is 2.40. The van der Waals surface area contributed by atoms with Crippen molar-refractivity contribution in [3.05, 3.63) is 29.3 Å². The Morgan fingerprint density at radius 1 is 1.38 bits per heavy atom. The number of carbonyl (C=O) groups is 1. The third-order valence-corrected chi connectivity index (χ3v) is 3.01. The average molecular weight is 193 g/mol. The van der Waals surface area contributed by atoms with Crippen LogP contribution in [0.1, 0.15) is 11.1 Å². The minimum atomic E-state index is 0.106. The van der Waals surface area contributed by atoms with E-state index in [0.29, 0.717) is 5.75 Å². The summed E-state index contributed by atoms with van der Waals surface area (Å²) in [5.41, 5.74) is 3.39. The highest BCUT2D eigenvalue weighted by molar-refractivity contribution is 7.99. The van der Waals surface area contributed by atoms with Crippen LogP contribution in [-0.4, -0.2) is 11.7 Å². The van der Waals surface area contributed by atoms with E-state index in [-0.39, 0.29) is 5.91 Å². The molecule has 1 aliphatic rings. The van der Waals surface area contributed by atoms with Gasteiger partial charge in [0.1, 0.15) is 0 Å². The molecule has 1 N–H and O–H groups in total. The quantitative estimate of drug-likeness (QED) is 0.684. The van der Waals surface area contributed by atoms with Crippen LogP contribution < -0.4 is 5.32 Å². The minimum Gasteiger partial charge on any atom is -0.325 e. The number of fused-ring (bicyclic) bond motifs is 1. The molecule has 0 aromatic heterocycles. The van der Waals surface area contributed by atoms with Crippen molar-refractivity contribution >= 4 is 23.4 Å². The molecule has 0 bridgehead atoms. The maximum absolute atomic E-state index is 11.2. The lowest BCUT2D eigenvalue weighted by Crippen LogP contribution is -2.12. The molecule has 1 aromatic carbocycles. The molecule has 0 spiro atoms. The number of hydrogen-bond acceptors (Lipinski definition) is 2. The van der Waals surface area contributed by atoms with E-state index < -0.39 is 0 Å². The molecule has 2 rings (SSSR count). The summed E-state index contributed by atoms with van der Waals surface area (Å²) < 4.78 is 0. The van der Waals surface area contributed by atoms with Gasteiger partial charge in [0.2, 0.25) is 5.91 Å². The van der Waals surface area contributed by atoms with Crippen LogP contribution in [0.2, 0.25) is 0 Å². The molecule has 1 aromatic rings. The zero-order valence-corrected chi connectivity index (χ0v) is 8.28. The molecule has 3 heteroatoms. The molecule has 0 fully saturated rings. The summed E-state index contributed by atoms with van der Waals surface area (Å²) in [6, 6.07) is 6.19. The molecule has 0 radical (unpaired) electrons. The van der Waals surface area contributed by atoms with Crippen LogP contribution in [0.25, 0.3) is 0 Å². The Labute approximate surface area is 81.7 Å². The first-order valence-electron chi connectivity index (χ1n) is 4.23. The molecule has 0 aliphatic carbocycles. The van der Waals surface area contributed by atoms with E-state index in [0.717, 1.165) is 11.4 Å². The second-order valence-corrected chi connectivity index (χ2v) is 4.19. The zero-order chi connectivity index (χ0) is 9.26. The van der Waals surface area contributed by atoms with Crippen molar-refractivity contribution < 1.29 is 4.79 Å². The molecular formula is C10H11NOS. The van der Waals surface area contributed by atoms with Crippen LogP contribution in [-0.2, 0) is 10.5 Å². The molecule has 68 valence electrons. The summed E-state index contributed by atoms with van der Waals surface area (Å²) in [7, 11) is 0.